The zero-order valence-electron chi connectivity index (χ0n) is 14.4. The lowest BCUT2D eigenvalue weighted by Gasteiger charge is -2.41. The summed E-state index contributed by atoms with van der Waals surface area (Å²) in [6.45, 7) is 4.86. The molecule has 0 spiro atoms. The number of rotatable bonds is 6. The molecule has 2 fully saturated rings. The minimum absolute atomic E-state index is 0.241. The van der Waals surface area contributed by atoms with E-state index in [-0.39, 0.29) is 5.91 Å². The molecule has 0 aromatic heterocycles. The fourth-order valence-corrected chi connectivity index (χ4v) is 3.45. The second-order valence-corrected chi connectivity index (χ2v) is 7.14. The second kappa shape index (κ2) is 7.45. The minimum atomic E-state index is 0.241. The van der Waals surface area contributed by atoms with Gasteiger partial charge in [0.15, 0.2) is 0 Å². The molecule has 4 nitrogen and oxygen atoms in total. The number of benzene rings is 1. The van der Waals surface area contributed by atoms with Crippen molar-refractivity contribution in [1.29, 1.82) is 0 Å². The smallest absolute Gasteiger partial charge is 0.236 e. The number of carbonyl (C=O) groups is 1. The van der Waals surface area contributed by atoms with Crippen molar-refractivity contribution >= 4 is 5.91 Å². The van der Waals surface area contributed by atoms with E-state index in [2.05, 4.69) is 47.5 Å². The van der Waals surface area contributed by atoms with E-state index < -0.39 is 0 Å². The lowest BCUT2D eigenvalue weighted by molar-refractivity contribution is -0.132. The summed E-state index contributed by atoms with van der Waals surface area (Å²) < 4.78 is 0. The van der Waals surface area contributed by atoms with Crippen LogP contribution in [0.1, 0.15) is 38.2 Å². The van der Waals surface area contributed by atoms with Gasteiger partial charge in [-0.2, -0.15) is 0 Å². The molecule has 1 aromatic rings. The fraction of sp³-hybridized carbons (Fsp3) is 0.632. The van der Waals surface area contributed by atoms with Crippen molar-refractivity contribution in [3.05, 3.63) is 35.9 Å². The van der Waals surface area contributed by atoms with Gasteiger partial charge in [-0.1, -0.05) is 30.3 Å². The summed E-state index contributed by atoms with van der Waals surface area (Å²) in [4.78, 5) is 16.8. The van der Waals surface area contributed by atoms with Gasteiger partial charge < -0.3 is 10.2 Å². The van der Waals surface area contributed by atoms with Gasteiger partial charge in [0.1, 0.15) is 0 Å². The Morgan fingerprint density at radius 3 is 2.65 bits per heavy atom. The maximum atomic E-state index is 12.3. The molecule has 0 bridgehead atoms. The molecule has 1 saturated heterocycles. The van der Waals surface area contributed by atoms with Crippen LogP contribution in [0.25, 0.3) is 0 Å². The summed E-state index contributed by atoms with van der Waals surface area (Å²) in [7, 11) is 1.97. The van der Waals surface area contributed by atoms with Gasteiger partial charge in [0, 0.05) is 38.3 Å². The second-order valence-electron chi connectivity index (χ2n) is 7.14. The fourth-order valence-electron chi connectivity index (χ4n) is 3.45. The Balaban J connectivity index is 1.48. The Kier molecular flexibility index (Phi) is 5.34. The van der Waals surface area contributed by atoms with Crippen molar-refractivity contribution in [2.24, 2.45) is 0 Å². The summed E-state index contributed by atoms with van der Waals surface area (Å²) >= 11 is 0. The molecule has 1 aliphatic heterocycles. The summed E-state index contributed by atoms with van der Waals surface area (Å²) in [6, 6.07) is 12.1. The SMILES string of the molecule is C[C@H]1C[C@H](N(C)C(=O)CNC2CC2)CCN1Cc1ccccc1. The zero-order chi connectivity index (χ0) is 16.2. The summed E-state index contributed by atoms with van der Waals surface area (Å²) in [6.07, 6.45) is 4.60. The highest BCUT2D eigenvalue weighted by molar-refractivity contribution is 5.78. The van der Waals surface area contributed by atoms with Crippen LogP contribution in [0.4, 0.5) is 0 Å². The molecule has 1 aromatic carbocycles. The van der Waals surface area contributed by atoms with E-state index in [0.717, 1.165) is 25.9 Å². The number of likely N-dealkylation sites (N-methyl/N-ethyl adjacent to an activating group) is 1. The van der Waals surface area contributed by atoms with Crippen LogP contribution in [-0.2, 0) is 11.3 Å². The Morgan fingerprint density at radius 2 is 2.00 bits per heavy atom. The maximum Gasteiger partial charge on any atom is 0.236 e. The van der Waals surface area contributed by atoms with Crippen molar-refractivity contribution in [3.8, 4) is 0 Å². The number of nitrogens with zero attached hydrogens (tertiary/aromatic N) is 2. The van der Waals surface area contributed by atoms with Gasteiger partial charge in [0.2, 0.25) is 5.91 Å². The number of hydrogen-bond donors (Lipinski definition) is 1. The Hall–Kier alpha value is -1.39. The van der Waals surface area contributed by atoms with Crippen LogP contribution in [-0.4, -0.2) is 54.0 Å². The molecule has 0 unspecified atom stereocenters. The number of likely N-dealkylation sites (tertiary alicyclic amines) is 1. The summed E-state index contributed by atoms with van der Waals surface area (Å²) in [5.41, 5.74) is 1.37. The van der Waals surface area contributed by atoms with E-state index in [1.165, 1.54) is 18.4 Å². The van der Waals surface area contributed by atoms with Gasteiger partial charge in [-0.15, -0.1) is 0 Å². The summed E-state index contributed by atoms with van der Waals surface area (Å²) in [5.74, 6) is 0.241. The summed E-state index contributed by atoms with van der Waals surface area (Å²) in [5, 5.41) is 3.33. The number of nitrogens with one attached hydrogen (secondary N) is 1. The molecule has 1 N–H and O–H groups in total. The standard InChI is InChI=1S/C19H29N3O/c1-15-12-18(21(2)19(23)13-20-17-8-9-17)10-11-22(15)14-16-6-4-3-5-7-16/h3-7,15,17-18,20H,8-14H2,1-2H3/t15-,18+/m0/s1. The lowest BCUT2D eigenvalue weighted by Crippen LogP contribution is -2.50. The highest BCUT2D eigenvalue weighted by atomic mass is 16.2. The molecular formula is C19H29N3O. The minimum Gasteiger partial charge on any atom is -0.342 e. The first-order chi connectivity index (χ1) is 11.1. The molecule has 2 atom stereocenters. The highest BCUT2D eigenvalue weighted by Crippen LogP contribution is 2.23. The van der Waals surface area contributed by atoms with Crippen molar-refractivity contribution in [2.75, 3.05) is 20.1 Å². The topological polar surface area (TPSA) is 35.6 Å². The van der Waals surface area contributed by atoms with E-state index in [4.69, 9.17) is 0 Å². The largest absolute Gasteiger partial charge is 0.342 e. The Morgan fingerprint density at radius 1 is 1.26 bits per heavy atom. The lowest BCUT2D eigenvalue weighted by atomic mass is 9.96. The van der Waals surface area contributed by atoms with Crippen LogP contribution in [0, 0.1) is 0 Å². The van der Waals surface area contributed by atoms with Gasteiger partial charge in [-0.3, -0.25) is 9.69 Å². The number of hydrogen-bond acceptors (Lipinski definition) is 3. The zero-order valence-corrected chi connectivity index (χ0v) is 14.4. The van der Waals surface area contributed by atoms with Crippen LogP contribution in [0.2, 0.25) is 0 Å². The molecular weight excluding hydrogens is 286 g/mol. The average molecular weight is 315 g/mol. The first-order valence-corrected chi connectivity index (χ1v) is 8.90. The van der Waals surface area contributed by atoms with Crippen molar-refractivity contribution in [1.82, 2.24) is 15.1 Å². The average Bonchev–Trinajstić information content (AvgIpc) is 3.39. The van der Waals surface area contributed by atoms with Crippen LogP contribution in [0.3, 0.4) is 0 Å². The third-order valence-corrected chi connectivity index (χ3v) is 5.27. The maximum absolute atomic E-state index is 12.3. The van der Waals surface area contributed by atoms with Gasteiger partial charge in [0.25, 0.3) is 0 Å². The van der Waals surface area contributed by atoms with E-state index >= 15 is 0 Å². The first kappa shape index (κ1) is 16.5. The van der Waals surface area contributed by atoms with Crippen molar-refractivity contribution in [3.63, 3.8) is 0 Å². The van der Waals surface area contributed by atoms with Crippen LogP contribution < -0.4 is 5.32 Å². The normalized spacial score (nSPS) is 25.3. The third-order valence-electron chi connectivity index (χ3n) is 5.27. The number of piperidine rings is 1. The van der Waals surface area contributed by atoms with Gasteiger partial charge >= 0.3 is 0 Å². The molecule has 3 rings (SSSR count). The van der Waals surface area contributed by atoms with E-state index in [1.807, 2.05) is 11.9 Å². The van der Waals surface area contributed by atoms with Gasteiger partial charge in [0.05, 0.1) is 6.54 Å². The quantitative estimate of drug-likeness (QED) is 0.874. The van der Waals surface area contributed by atoms with E-state index in [0.29, 0.717) is 24.7 Å². The molecule has 1 aliphatic carbocycles. The van der Waals surface area contributed by atoms with Gasteiger partial charge in [-0.25, -0.2) is 0 Å². The molecule has 1 saturated carbocycles. The van der Waals surface area contributed by atoms with Crippen LogP contribution in [0.15, 0.2) is 30.3 Å². The van der Waals surface area contributed by atoms with E-state index in [9.17, 15) is 4.79 Å². The van der Waals surface area contributed by atoms with Crippen LogP contribution in [0.5, 0.6) is 0 Å². The van der Waals surface area contributed by atoms with Gasteiger partial charge in [-0.05, 0) is 38.2 Å². The van der Waals surface area contributed by atoms with Crippen LogP contribution >= 0.6 is 0 Å². The van der Waals surface area contributed by atoms with Crippen molar-refractivity contribution < 1.29 is 4.79 Å². The molecule has 23 heavy (non-hydrogen) atoms. The molecule has 4 heteroatoms. The highest BCUT2D eigenvalue weighted by Gasteiger charge is 2.30. The molecule has 1 heterocycles. The molecule has 1 amide bonds. The first-order valence-electron chi connectivity index (χ1n) is 8.90. The molecule has 126 valence electrons. The van der Waals surface area contributed by atoms with E-state index in [1.54, 1.807) is 0 Å². The molecule has 2 aliphatic rings. The third kappa shape index (κ3) is 4.55. The Bertz CT molecular complexity index is 515. The predicted octanol–water partition coefficient (Wildman–Crippen LogP) is 2.25. The number of amides is 1. The van der Waals surface area contributed by atoms with Crippen molar-refractivity contribution in [2.45, 2.75) is 57.3 Å². The Labute approximate surface area is 139 Å². The number of carbonyl (C=O) groups excluding carboxylic acids is 1. The monoisotopic (exact) mass is 315 g/mol. The predicted molar refractivity (Wildman–Crippen MR) is 93.1 cm³/mol. The molecule has 0 radical (unpaired) electrons.